The second-order valence-electron chi connectivity index (χ2n) is 6.48. The van der Waals surface area contributed by atoms with Crippen LogP contribution < -0.4 is 15.5 Å². The monoisotopic (exact) mass is 471 g/mol. The quantitative estimate of drug-likeness (QED) is 0.401. The number of urea groups is 1. The first-order chi connectivity index (χ1) is 13.6. The third-order valence-corrected chi connectivity index (χ3v) is 5.29. The lowest BCUT2D eigenvalue weighted by Gasteiger charge is -2.22. The van der Waals surface area contributed by atoms with Crippen LogP contribution in [0.5, 0.6) is 0 Å². The normalized spacial score (nSPS) is 20.9. The Bertz CT molecular complexity index is 1090. The Labute approximate surface area is 169 Å². The van der Waals surface area contributed by atoms with E-state index >= 15 is 0 Å². The maximum Gasteiger partial charge on any atom is 0.418 e. The first-order valence-corrected chi connectivity index (χ1v) is 8.95. The SMILES string of the molecule is O=C1NC(=O)C2(N1)C(=O)N(Cc1ccc(Br)cc1F)c1c(C(F)(F)F)cccc12. The van der Waals surface area contributed by atoms with Crippen LogP contribution in [0.2, 0.25) is 0 Å². The van der Waals surface area contributed by atoms with Gasteiger partial charge in [0.05, 0.1) is 17.8 Å². The molecule has 2 heterocycles. The summed E-state index contributed by atoms with van der Waals surface area (Å²) in [5.74, 6) is -2.94. The molecule has 0 saturated carbocycles. The number of fused-ring (bicyclic) bond motifs is 2. The summed E-state index contributed by atoms with van der Waals surface area (Å²) < 4.78 is 55.7. The number of nitrogens with zero attached hydrogens (tertiary/aromatic N) is 1. The molecule has 2 aliphatic heterocycles. The Hall–Kier alpha value is -2.95. The molecule has 2 aromatic carbocycles. The van der Waals surface area contributed by atoms with Gasteiger partial charge in [0.15, 0.2) is 0 Å². The Morgan fingerprint density at radius 1 is 1.10 bits per heavy atom. The summed E-state index contributed by atoms with van der Waals surface area (Å²) in [5, 5.41) is 4.03. The maximum absolute atomic E-state index is 14.3. The number of para-hydroxylation sites is 1. The number of carbonyl (C=O) groups excluding carboxylic acids is 3. The van der Waals surface area contributed by atoms with Crippen molar-refractivity contribution in [2.75, 3.05) is 4.90 Å². The van der Waals surface area contributed by atoms with Crippen LogP contribution in [-0.2, 0) is 27.8 Å². The van der Waals surface area contributed by atoms with Gasteiger partial charge in [-0.3, -0.25) is 14.9 Å². The minimum atomic E-state index is -4.85. The highest BCUT2D eigenvalue weighted by Gasteiger charge is 2.62. The summed E-state index contributed by atoms with van der Waals surface area (Å²) in [7, 11) is 0. The van der Waals surface area contributed by atoms with Crippen molar-refractivity contribution in [2.24, 2.45) is 0 Å². The molecule has 4 rings (SSSR count). The van der Waals surface area contributed by atoms with Crippen LogP contribution in [0.1, 0.15) is 16.7 Å². The predicted molar refractivity (Wildman–Crippen MR) is 95.1 cm³/mol. The molecular formula is C18H10BrF4N3O3. The minimum absolute atomic E-state index is 0.0636. The standard InChI is InChI=1S/C18H10BrF4N3O3/c19-9-5-4-8(12(20)6-9)7-26-13-10(2-1-3-11(13)18(21,22)23)17(15(26)28)14(27)24-16(29)25-17/h1-6H,7H2,(H2,24,25,27,29). The van der Waals surface area contributed by atoms with E-state index in [1.807, 2.05) is 5.32 Å². The average Bonchev–Trinajstić information content (AvgIpc) is 3.05. The third kappa shape index (κ3) is 2.79. The van der Waals surface area contributed by atoms with Gasteiger partial charge >= 0.3 is 12.2 Å². The van der Waals surface area contributed by atoms with Gasteiger partial charge in [-0.25, -0.2) is 9.18 Å². The van der Waals surface area contributed by atoms with Gasteiger partial charge < -0.3 is 10.2 Å². The van der Waals surface area contributed by atoms with E-state index in [0.29, 0.717) is 9.37 Å². The molecule has 2 aromatic rings. The lowest BCUT2D eigenvalue weighted by atomic mass is 9.90. The van der Waals surface area contributed by atoms with Gasteiger partial charge in [0, 0.05) is 15.6 Å². The molecule has 0 radical (unpaired) electrons. The van der Waals surface area contributed by atoms with Crippen molar-refractivity contribution in [3.63, 3.8) is 0 Å². The number of carbonyl (C=O) groups is 3. The van der Waals surface area contributed by atoms with E-state index in [4.69, 9.17) is 0 Å². The van der Waals surface area contributed by atoms with Crippen LogP contribution in [0, 0.1) is 5.82 Å². The summed E-state index contributed by atoms with van der Waals surface area (Å²) >= 11 is 3.08. The highest BCUT2D eigenvalue weighted by atomic mass is 79.9. The third-order valence-electron chi connectivity index (χ3n) is 4.79. The second kappa shape index (κ2) is 6.28. The summed E-state index contributed by atoms with van der Waals surface area (Å²) in [4.78, 5) is 38.0. The summed E-state index contributed by atoms with van der Waals surface area (Å²) in [5.41, 5.74) is -4.49. The molecular weight excluding hydrogens is 462 g/mol. The second-order valence-corrected chi connectivity index (χ2v) is 7.40. The summed E-state index contributed by atoms with van der Waals surface area (Å²) in [6.07, 6.45) is -4.85. The fourth-order valence-electron chi connectivity index (χ4n) is 3.55. The lowest BCUT2D eigenvalue weighted by Crippen LogP contribution is -2.52. The largest absolute Gasteiger partial charge is 0.418 e. The van der Waals surface area contributed by atoms with Crippen LogP contribution in [0.25, 0.3) is 0 Å². The van der Waals surface area contributed by atoms with Gasteiger partial charge in [0.2, 0.25) is 5.54 Å². The topological polar surface area (TPSA) is 78.5 Å². The highest BCUT2D eigenvalue weighted by Crippen LogP contribution is 2.49. The van der Waals surface area contributed by atoms with Crippen LogP contribution in [0.4, 0.5) is 28.0 Å². The zero-order valence-electron chi connectivity index (χ0n) is 14.2. The number of anilines is 1. The number of halogens is 5. The molecule has 0 bridgehead atoms. The van der Waals surface area contributed by atoms with Crippen LogP contribution in [0.15, 0.2) is 40.9 Å². The lowest BCUT2D eigenvalue weighted by molar-refractivity contribution is -0.137. The number of alkyl halides is 3. The molecule has 4 amide bonds. The van der Waals surface area contributed by atoms with Crippen molar-refractivity contribution < 1.29 is 31.9 Å². The molecule has 150 valence electrons. The first-order valence-electron chi connectivity index (χ1n) is 8.16. The zero-order valence-corrected chi connectivity index (χ0v) is 15.8. The van der Waals surface area contributed by atoms with Gasteiger partial charge in [-0.1, -0.05) is 34.1 Å². The van der Waals surface area contributed by atoms with E-state index in [1.54, 1.807) is 0 Å². The van der Waals surface area contributed by atoms with Gasteiger partial charge in [-0.05, 0) is 18.2 Å². The number of imide groups is 1. The van der Waals surface area contributed by atoms with Crippen LogP contribution in [0.3, 0.4) is 0 Å². The van der Waals surface area contributed by atoms with Crippen molar-refractivity contribution >= 4 is 39.5 Å². The Kier molecular flexibility index (Phi) is 4.19. The van der Waals surface area contributed by atoms with Gasteiger partial charge in [-0.2, -0.15) is 13.2 Å². The van der Waals surface area contributed by atoms with Gasteiger partial charge in [0.25, 0.3) is 11.8 Å². The first kappa shape index (κ1) is 19.4. The molecule has 1 unspecified atom stereocenters. The van der Waals surface area contributed by atoms with Gasteiger partial charge in [0.1, 0.15) is 5.82 Å². The number of hydrogen-bond acceptors (Lipinski definition) is 3. The van der Waals surface area contributed by atoms with Gasteiger partial charge in [-0.15, -0.1) is 0 Å². The van der Waals surface area contributed by atoms with Crippen molar-refractivity contribution in [3.05, 3.63) is 63.4 Å². The minimum Gasteiger partial charge on any atom is -0.312 e. The maximum atomic E-state index is 14.3. The van der Waals surface area contributed by atoms with E-state index in [9.17, 15) is 31.9 Å². The molecule has 1 spiro atoms. The number of nitrogens with one attached hydrogen (secondary N) is 2. The molecule has 0 aliphatic carbocycles. The fraction of sp³-hybridized carbons (Fsp3) is 0.167. The Morgan fingerprint density at radius 2 is 1.83 bits per heavy atom. The smallest absolute Gasteiger partial charge is 0.312 e. The number of amides is 4. The Morgan fingerprint density at radius 3 is 2.41 bits per heavy atom. The number of benzene rings is 2. The summed E-state index contributed by atoms with van der Waals surface area (Å²) in [6, 6.07) is 5.82. The molecule has 11 heteroatoms. The van der Waals surface area contributed by atoms with Crippen LogP contribution >= 0.6 is 15.9 Å². The van der Waals surface area contributed by atoms with Crippen molar-refractivity contribution in [1.29, 1.82) is 0 Å². The average molecular weight is 472 g/mol. The molecule has 1 atom stereocenters. The molecule has 1 fully saturated rings. The molecule has 1 saturated heterocycles. The van der Waals surface area contributed by atoms with E-state index in [0.717, 1.165) is 24.3 Å². The van der Waals surface area contributed by atoms with Crippen molar-refractivity contribution in [3.8, 4) is 0 Å². The molecule has 2 N–H and O–H groups in total. The number of rotatable bonds is 2. The predicted octanol–water partition coefficient (Wildman–Crippen LogP) is 3.19. The zero-order chi connectivity index (χ0) is 21.1. The van der Waals surface area contributed by atoms with Crippen molar-refractivity contribution in [1.82, 2.24) is 10.6 Å². The molecule has 6 nitrogen and oxygen atoms in total. The summed E-state index contributed by atoms with van der Waals surface area (Å²) in [6.45, 7) is -0.567. The number of hydrogen-bond donors (Lipinski definition) is 2. The van der Waals surface area contributed by atoms with Crippen LogP contribution in [-0.4, -0.2) is 17.8 Å². The van der Waals surface area contributed by atoms with E-state index in [2.05, 4.69) is 21.2 Å². The molecule has 29 heavy (non-hydrogen) atoms. The highest BCUT2D eigenvalue weighted by molar-refractivity contribution is 9.10. The van der Waals surface area contributed by atoms with E-state index < -0.39 is 53.2 Å². The molecule has 0 aromatic heterocycles. The van der Waals surface area contributed by atoms with E-state index in [-0.39, 0.29) is 11.1 Å². The van der Waals surface area contributed by atoms with Crippen molar-refractivity contribution in [2.45, 2.75) is 18.3 Å². The Balaban J connectivity index is 1.93. The molecule has 2 aliphatic rings. The van der Waals surface area contributed by atoms with E-state index in [1.165, 1.54) is 12.1 Å². The fourth-order valence-corrected chi connectivity index (χ4v) is 3.88.